The van der Waals surface area contributed by atoms with Crippen LogP contribution in [0.25, 0.3) is 0 Å². The minimum atomic E-state index is 0.00995. The third kappa shape index (κ3) is 3.84. The Labute approximate surface area is 109 Å². The molecule has 1 amide bonds. The zero-order valence-electron chi connectivity index (χ0n) is 11.8. The molecular weight excluding hydrogens is 228 g/mol. The SMILES string of the molecule is Cc1nn(CC(C)C)c(C)c1CC(=O)NCCN. The number of nitrogens with two attached hydrogens (primary N) is 1. The van der Waals surface area contributed by atoms with Gasteiger partial charge in [0.25, 0.3) is 0 Å². The van der Waals surface area contributed by atoms with Crippen molar-refractivity contribution in [2.24, 2.45) is 11.7 Å². The molecule has 0 saturated carbocycles. The molecule has 102 valence electrons. The summed E-state index contributed by atoms with van der Waals surface area (Å²) in [5, 5.41) is 7.28. The number of aromatic nitrogens is 2. The summed E-state index contributed by atoms with van der Waals surface area (Å²) in [5.74, 6) is 0.553. The topological polar surface area (TPSA) is 72.9 Å². The second-order valence-corrected chi connectivity index (χ2v) is 5.04. The lowest BCUT2D eigenvalue weighted by molar-refractivity contribution is -0.120. The van der Waals surface area contributed by atoms with E-state index in [1.807, 2.05) is 18.5 Å². The highest BCUT2D eigenvalue weighted by atomic mass is 16.1. The van der Waals surface area contributed by atoms with E-state index in [0.717, 1.165) is 23.5 Å². The predicted octanol–water partition coefficient (Wildman–Crippen LogP) is 0.773. The summed E-state index contributed by atoms with van der Waals surface area (Å²) in [5.41, 5.74) is 8.42. The quantitative estimate of drug-likeness (QED) is 0.785. The van der Waals surface area contributed by atoms with Gasteiger partial charge >= 0.3 is 0 Å². The number of nitrogens with one attached hydrogen (secondary N) is 1. The van der Waals surface area contributed by atoms with Gasteiger partial charge in [0.05, 0.1) is 12.1 Å². The zero-order chi connectivity index (χ0) is 13.7. The molecule has 0 aliphatic rings. The molecule has 0 saturated heterocycles. The van der Waals surface area contributed by atoms with Gasteiger partial charge in [-0.25, -0.2) is 0 Å². The number of rotatable bonds is 6. The van der Waals surface area contributed by atoms with Crippen LogP contribution in [0.4, 0.5) is 0 Å². The molecule has 0 radical (unpaired) electrons. The van der Waals surface area contributed by atoms with Gasteiger partial charge in [-0.05, 0) is 19.8 Å². The number of hydrogen-bond acceptors (Lipinski definition) is 3. The summed E-state index contributed by atoms with van der Waals surface area (Å²) in [4.78, 5) is 11.7. The van der Waals surface area contributed by atoms with Crippen LogP contribution < -0.4 is 11.1 Å². The molecular formula is C13H24N4O. The molecule has 1 heterocycles. The van der Waals surface area contributed by atoms with Crippen molar-refractivity contribution in [3.63, 3.8) is 0 Å². The van der Waals surface area contributed by atoms with E-state index < -0.39 is 0 Å². The molecule has 0 atom stereocenters. The first-order valence-electron chi connectivity index (χ1n) is 6.45. The Morgan fingerprint density at radius 1 is 1.44 bits per heavy atom. The number of carbonyl (C=O) groups excluding carboxylic acids is 1. The lowest BCUT2D eigenvalue weighted by Crippen LogP contribution is -2.30. The monoisotopic (exact) mass is 252 g/mol. The fraction of sp³-hybridized carbons (Fsp3) is 0.692. The van der Waals surface area contributed by atoms with Crippen molar-refractivity contribution in [3.8, 4) is 0 Å². The van der Waals surface area contributed by atoms with Crippen LogP contribution in [0, 0.1) is 19.8 Å². The Balaban J connectivity index is 2.76. The van der Waals surface area contributed by atoms with Crippen LogP contribution in [0.3, 0.4) is 0 Å². The zero-order valence-corrected chi connectivity index (χ0v) is 11.8. The van der Waals surface area contributed by atoms with Gasteiger partial charge in [0, 0.05) is 30.9 Å². The molecule has 0 aliphatic carbocycles. The Kier molecular flexibility index (Phi) is 5.34. The van der Waals surface area contributed by atoms with Gasteiger partial charge < -0.3 is 11.1 Å². The number of carbonyl (C=O) groups is 1. The van der Waals surface area contributed by atoms with Crippen LogP contribution in [-0.4, -0.2) is 28.8 Å². The summed E-state index contributed by atoms with van der Waals surface area (Å²) >= 11 is 0. The number of nitrogens with zero attached hydrogens (tertiary/aromatic N) is 2. The highest BCUT2D eigenvalue weighted by Gasteiger charge is 2.15. The first-order valence-corrected chi connectivity index (χ1v) is 6.45. The first-order chi connectivity index (χ1) is 8.45. The van der Waals surface area contributed by atoms with Crippen molar-refractivity contribution in [1.82, 2.24) is 15.1 Å². The van der Waals surface area contributed by atoms with Crippen molar-refractivity contribution < 1.29 is 4.79 Å². The van der Waals surface area contributed by atoms with E-state index >= 15 is 0 Å². The van der Waals surface area contributed by atoms with Crippen LogP contribution in [0.5, 0.6) is 0 Å². The maximum atomic E-state index is 11.7. The summed E-state index contributed by atoms with van der Waals surface area (Å²) in [6.45, 7) is 10.2. The summed E-state index contributed by atoms with van der Waals surface area (Å²) in [7, 11) is 0. The number of hydrogen-bond donors (Lipinski definition) is 2. The molecule has 0 aromatic carbocycles. The van der Waals surface area contributed by atoms with Crippen molar-refractivity contribution in [2.45, 2.75) is 40.7 Å². The number of aryl methyl sites for hydroxylation is 1. The van der Waals surface area contributed by atoms with Crippen molar-refractivity contribution in [2.75, 3.05) is 13.1 Å². The van der Waals surface area contributed by atoms with E-state index in [9.17, 15) is 4.79 Å². The van der Waals surface area contributed by atoms with Crippen LogP contribution >= 0.6 is 0 Å². The Hall–Kier alpha value is -1.36. The summed E-state index contributed by atoms with van der Waals surface area (Å²) < 4.78 is 1.99. The molecule has 0 bridgehead atoms. The average molecular weight is 252 g/mol. The molecule has 1 aromatic rings. The molecule has 0 fully saturated rings. The maximum absolute atomic E-state index is 11.7. The third-order valence-electron chi connectivity index (χ3n) is 2.87. The Morgan fingerprint density at radius 2 is 2.11 bits per heavy atom. The van der Waals surface area contributed by atoms with Crippen LogP contribution in [0.15, 0.2) is 0 Å². The Bertz CT molecular complexity index is 409. The Morgan fingerprint density at radius 3 is 2.67 bits per heavy atom. The largest absolute Gasteiger partial charge is 0.355 e. The van der Waals surface area contributed by atoms with E-state index in [1.54, 1.807) is 0 Å². The molecule has 5 nitrogen and oxygen atoms in total. The lowest BCUT2D eigenvalue weighted by atomic mass is 10.1. The van der Waals surface area contributed by atoms with E-state index in [1.165, 1.54) is 0 Å². The minimum Gasteiger partial charge on any atom is -0.355 e. The van der Waals surface area contributed by atoms with Crippen LogP contribution in [0.2, 0.25) is 0 Å². The summed E-state index contributed by atoms with van der Waals surface area (Å²) in [6, 6.07) is 0. The van der Waals surface area contributed by atoms with E-state index in [4.69, 9.17) is 5.73 Å². The highest BCUT2D eigenvalue weighted by molar-refractivity contribution is 5.79. The fourth-order valence-electron chi connectivity index (χ4n) is 1.95. The van der Waals surface area contributed by atoms with E-state index in [0.29, 0.717) is 25.4 Å². The molecule has 1 rings (SSSR count). The van der Waals surface area contributed by atoms with Crippen molar-refractivity contribution >= 4 is 5.91 Å². The standard InChI is InChI=1S/C13H24N4O/c1-9(2)8-17-11(4)12(10(3)16-17)7-13(18)15-6-5-14/h9H,5-8,14H2,1-4H3,(H,15,18). The molecule has 1 aromatic heterocycles. The van der Waals surface area contributed by atoms with Gasteiger partial charge in [-0.3, -0.25) is 9.48 Å². The fourth-order valence-corrected chi connectivity index (χ4v) is 1.95. The molecule has 0 spiro atoms. The third-order valence-corrected chi connectivity index (χ3v) is 2.87. The molecule has 5 heteroatoms. The van der Waals surface area contributed by atoms with Crippen LogP contribution in [0.1, 0.15) is 30.8 Å². The molecule has 3 N–H and O–H groups in total. The molecule has 0 unspecified atom stereocenters. The first kappa shape index (κ1) is 14.7. The second kappa shape index (κ2) is 6.54. The van der Waals surface area contributed by atoms with E-state index in [2.05, 4.69) is 24.3 Å². The molecule has 18 heavy (non-hydrogen) atoms. The lowest BCUT2D eigenvalue weighted by Gasteiger charge is -2.08. The van der Waals surface area contributed by atoms with E-state index in [-0.39, 0.29) is 5.91 Å². The minimum absolute atomic E-state index is 0.00995. The van der Waals surface area contributed by atoms with Gasteiger partial charge in [-0.1, -0.05) is 13.8 Å². The van der Waals surface area contributed by atoms with Crippen LogP contribution in [-0.2, 0) is 17.8 Å². The molecule has 0 aliphatic heterocycles. The normalized spacial score (nSPS) is 11.0. The van der Waals surface area contributed by atoms with Gasteiger partial charge in [0.15, 0.2) is 0 Å². The van der Waals surface area contributed by atoms with Gasteiger partial charge in [-0.2, -0.15) is 5.10 Å². The highest BCUT2D eigenvalue weighted by Crippen LogP contribution is 2.15. The van der Waals surface area contributed by atoms with Gasteiger partial charge in [0.1, 0.15) is 0 Å². The average Bonchev–Trinajstić information content (AvgIpc) is 2.53. The van der Waals surface area contributed by atoms with Crippen molar-refractivity contribution in [3.05, 3.63) is 17.0 Å². The number of amides is 1. The van der Waals surface area contributed by atoms with Gasteiger partial charge in [-0.15, -0.1) is 0 Å². The smallest absolute Gasteiger partial charge is 0.224 e. The maximum Gasteiger partial charge on any atom is 0.224 e. The second-order valence-electron chi connectivity index (χ2n) is 5.04. The van der Waals surface area contributed by atoms with Gasteiger partial charge in [0.2, 0.25) is 5.91 Å². The summed E-state index contributed by atoms with van der Waals surface area (Å²) in [6.07, 6.45) is 0.385. The van der Waals surface area contributed by atoms with Crippen molar-refractivity contribution in [1.29, 1.82) is 0 Å². The predicted molar refractivity (Wildman–Crippen MR) is 72.3 cm³/mol.